The van der Waals surface area contributed by atoms with E-state index in [1.54, 1.807) is 43.5 Å². The lowest BCUT2D eigenvalue weighted by Crippen LogP contribution is -2.32. The Kier molecular flexibility index (Phi) is 4.67. The van der Waals surface area contributed by atoms with Crippen molar-refractivity contribution in [3.63, 3.8) is 0 Å². The third-order valence-corrected chi connectivity index (χ3v) is 5.14. The van der Waals surface area contributed by atoms with E-state index in [4.69, 9.17) is 4.74 Å². The first kappa shape index (κ1) is 17.9. The first-order valence-corrected chi connectivity index (χ1v) is 9.30. The molecule has 0 saturated carbocycles. The van der Waals surface area contributed by atoms with E-state index < -0.39 is 17.6 Å². The SMILES string of the molecule is COc1cccc(NC2=C(c3cccs3)C(=O)N(c3cccc(F)c3)C2=O)c1. The topological polar surface area (TPSA) is 58.6 Å². The Morgan fingerprint density at radius 2 is 1.82 bits per heavy atom. The van der Waals surface area contributed by atoms with Crippen molar-refractivity contribution in [2.75, 3.05) is 17.3 Å². The third kappa shape index (κ3) is 3.16. The van der Waals surface area contributed by atoms with E-state index in [2.05, 4.69) is 5.32 Å². The first-order chi connectivity index (χ1) is 13.6. The van der Waals surface area contributed by atoms with Gasteiger partial charge in [-0.1, -0.05) is 18.2 Å². The number of hydrogen-bond acceptors (Lipinski definition) is 5. The number of halogens is 1. The monoisotopic (exact) mass is 394 g/mol. The second-order valence-electron chi connectivity index (χ2n) is 6.01. The van der Waals surface area contributed by atoms with Gasteiger partial charge in [-0.05, 0) is 41.8 Å². The van der Waals surface area contributed by atoms with E-state index in [-0.39, 0.29) is 17.0 Å². The van der Waals surface area contributed by atoms with Gasteiger partial charge in [-0.3, -0.25) is 9.59 Å². The molecule has 7 heteroatoms. The maximum Gasteiger partial charge on any atom is 0.282 e. The van der Waals surface area contributed by atoms with Crippen LogP contribution >= 0.6 is 11.3 Å². The van der Waals surface area contributed by atoms with Crippen molar-refractivity contribution in [2.24, 2.45) is 0 Å². The summed E-state index contributed by atoms with van der Waals surface area (Å²) in [4.78, 5) is 27.9. The van der Waals surface area contributed by atoms with Crippen LogP contribution in [0.15, 0.2) is 71.7 Å². The number of thiophene rings is 1. The lowest BCUT2D eigenvalue weighted by molar-refractivity contribution is -0.120. The minimum Gasteiger partial charge on any atom is -0.497 e. The number of imide groups is 1. The molecule has 2 aromatic carbocycles. The number of ether oxygens (including phenoxy) is 1. The van der Waals surface area contributed by atoms with Crippen LogP contribution in [0.25, 0.3) is 5.57 Å². The molecule has 0 unspecified atom stereocenters. The zero-order valence-electron chi connectivity index (χ0n) is 14.8. The molecule has 0 atom stereocenters. The molecular formula is C21H15FN2O3S. The summed E-state index contributed by atoms with van der Waals surface area (Å²) in [6.45, 7) is 0. The second kappa shape index (κ2) is 7.28. The fourth-order valence-electron chi connectivity index (χ4n) is 2.99. The minimum atomic E-state index is -0.540. The summed E-state index contributed by atoms with van der Waals surface area (Å²) in [5.74, 6) is -0.947. The van der Waals surface area contributed by atoms with Gasteiger partial charge in [0, 0.05) is 16.6 Å². The standard InChI is InChI=1S/C21H15FN2O3S/c1-27-16-8-3-6-14(12-16)23-19-18(17-9-4-10-28-17)20(25)24(21(19)26)15-7-2-5-13(22)11-15/h2-12,23H,1H3. The Bertz CT molecular complexity index is 1090. The van der Waals surface area contributed by atoms with Gasteiger partial charge < -0.3 is 10.1 Å². The van der Waals surface area contributed by atoms with Crippen LogP contribution in [0.3, 0.4) is 0 Å². The maximum absolute atomic E-state index is 13.7. The van der Waals surface area contributed by atoms with Crippen LogP contribution in [-0.2, 0) is 9.59 Å². The van der Waals surface area contributed by atoms with Crippen LogP contribution in [0, 0.1) is 5.82 Å². The number of methoxy groups -OCH3 is 1. The summed E-state index contributed by atoms with van der Waals surface area (Å²) in [6.07, 6.45) is 0. The molecular weight excluding hydrogens is 379 g/mol. The van der Waals surface area contributed by atoms with Crippen molar-refractivity contribution in [2.45, 2.75) is 0 Å². The van der Waals surface area contributed by atoms with Crippen molar-refractivity contribution >= 4 is 40.1 Å². The highest BCUT2D eigenvalue weighted by atomic mass is 32.1. The largest absolute Gasteiger partial charge is 0.497 e. The van der Waals surface area contributed by atoms with Gasteiger partial charge in [0.2, 0.25) is 0 Å². The Balaban J connectivity index is 1.79. The van der Waals surface area contributed by atoms with E-state index in [1.165, 1.54) is 29.5 Å². The molecule has 0 fully saturated rings. The fourth-order valence-corrected chi connectivity index (χ4v) is 3.76. The van der Waals surface area contributed by atoms with Crippen molar-refractivity contribution < 1.29 is 18.7 Å². The van der Waals surface area contributed by atoms with Crippen molar-refractivity contribution in [1.29, 1.82) is 0 Å². The van der Waals surface area contributed by atoms with Gasteiger partial charge in [0.05, 0.1) is 18.4 Å². The summed E-state index contributed by atoms with van der Waals surface area (Å²) in [6, 6.07) is 16.0. The molecule has 1 N–H and O–H groups in total. The molecule has 140 valence electrons. The van der Waals surface area contributed by atoms with Crippen LogP contribution in [0.5, 0.6) is 5.75 Å². The van der Waals surface area contributed by atoms with Crippen LogP contribution in [0.1, 0.15) is 4.88 Å². The van der Waals surface area contributed by atoms with Gasteiger partial charge in [0.1, 0.15) is 17.3 Å². The normalized spacial score (nSPS) is 14.0. The predicted molar refractivity (Wildman–Crippen MR) is 107 cm³/mol. The molecule has 1 aromatic heterocycles. The number of hydrogen-bond donors (Lipinski definition) is 1. The quantitative estimate of drug-likeness (QED) is 0.656. The molecule has 0 spiro atoms. The fraction of sp³-hybridized carbons (Fsp3) is 0.0476. The summed E-state index contributed by atoms with van der Waals surface area (Å²) in [5.41, 5.74) is 1.19. The Morgan fingerprint density at radius 1 is 1.00 bits per heavy atom. The highest BCUT2D eigenvalue weighted by Crippen LogP contribution is 2.35. The van der Waals surface area contributed by atoms with Gasteiger partial charge in [0.15, 0.2) is 0 Å². The number of carbonyl (C=O) groups excluding carboxylic acids is 2. The van der Waals surface area contributed by atoms with Crippen LogP contribution < -0.4 is 15.0 Å². The number of nitrogens with zero attached hydrogens (tertiary/aromatic N) is 1. The number of anilines is 2. The molecule has 28 heavy (non-hydrogen) atoms. The van der Waals surface area contributed by atoms with E-state index >= 15 is 0 Å². The molecule has 0 radical (unpaired) electrons. The molecule has 0 bridgehead atoms. The molecule has 1 aliphatic rings. The molecule has 3 aromatic rings. The summed E-state index contributed by atoms with van der Waals surface area (Å²) >= 11 is 1.35. The Morgan fingerprint density at radius 3 is 2.54 bits per heavy atom. The highest BCUT2D eigenvalue weighted by Gasteiger charge is 2.40. The predicted octanol–water partition coefficient (Wildman–Crippen LogP) is 4.29. The maximum atomic E-state index is 13.7. The van der Waals surface area contributed by atoms with Crippen molar-refractivity contribution in [3.8, 4) is 5.75 Å². The lowest BCUT2D eigenvalue weighted by Gasteiger charge is -2.15. The molecule has 0 saturated heterocycles. The van der Waals surface area contributed by atoms with Gasteiger partial charge in [-0.2, -0.15) is 0 Å². The average Bonchev–Trinajstić information content (AvgIpc) is 3.29. The third-order valence-electron chi connectivity index (χ3n) is 4.26. The van der Waals surface area contributed by atoms with Crippen molar-refractivity contribution in [3.05, 3.63) is 82.4 Å². The molecule has 2 heterocycles. The van der Waals surface area contributed by atoms with E-state index in [0.717, 1.165) is 11.0 Å². The van der Waals surface area contributed by atoms with Gasteiger partial charge in [-0.25, -0.2) is 9.29 Å². The molecule has 0 aliphatic carbocycles. The first-order valence-electron chi connectivity index (χ1n) is 8.42. The Labute approximate surface area is 164 Å². The highest BCUT2D eigenvalue weighted by molar-refractivity contribution is 7.11. The van der Waals surface area contributed by atoms with Crippen molar-refractivity contribution in [1.82, 2.24) is 0 Å². The number of nitrogens with one attached hydrogen (secondary N) is 1. The molecule has 4 rings (SSSR count). The van der Waals surface area contributed by atoms with E-state index in [1.807, 2.05) is 5.38 Å². The number of carbonyl (C=O) groups is 2. The zero-order chi connectivity index (χ0) is 19.7. The summed E-state index contributed by atoms with van der Waals surface area (Å²) in [7, 11) is 1.55. The summed E-state index contributed by atoms with van der Waals surface area (Å²) < 4.78 is 18.9. The smallest absolute Gasteiger partial charge is 0.282 e. The molecule has 2 amide bonds. The second-order valence-corrected chi connectivity index (χ2v) is 6.96. The Hall–Kier alpha value is -3.45. The average molecular weight is 394 g/mol. The number of amides is 2. The minimum absolute atomic E-state index is 0.143. The van der Waals surface area contributed by atoms with Gasteiger partial charge in [-0.15, -0.1) is 11.3 Å². The molecule has 5 nitrogen and oxygen atoms in total. The van der Waals surface area contributed by atoms with Crippen LogP contribution in [0.2, 0.25) is 0 Å². The van der Waals surface area contributed by atoms with E-state index in [9.17, 15) is 14.0 Å². The zero-order valence-corrected chi connectivity index (χ0v) is 15.6. The lowest BCUT2D eigenvalue weighted by atomic mass is 10.2. The van der Waals surface area contributed by atoms with Gasteiger partial charge in [0.25, 0.3) is 11.8 Å². The van der Waals surface area contributed by atoms with E-state index in [0.29, 0.717) is 16.3 Å². The summed E-state index contributed by atoms with van der Waals surface area (Å²) in [5, 5.41) is 4.88. The number of rotatable bonds is 5. The number of benzene rings is 2. The van der Waals surface area contributed by atoms with Crippen LogP contribution in [0.4, 0.5) is 15.8 Å². The molecule has 1 aliphatic heterocycles. The van der Waals surface area contributed by atoms with Crippen LogP contribution in [-0.4, -0.2) is 18.9 Å². The van der Waals surface area contributed by atoms with Gasteiger partial charge >= 0.3 is 0 Å².